The molecule has 0 saturated heterocycles. The van der Waals surface area contributed by atoms with Gasteiger partial charge in [-0.3, -0.25) is 0 Å². The summed E-state index contributed by atoms with van der Waals surface area (Å²) < 4.78 is 16.1. The number of anilines is 1. The number of aromatic nitrogens is 3. The molecule has 2 aromatic rings. The summed E-state index contributed by atoms with van der Waals surface area (Å²) in [4.78, 5) is 12.1. The Balaban J connectivity index is 2.44. The summed E-state index contributed by atoms with van der Waals surface area (Å²) in [5.41, 5.74) is 6.39. The molecule has 21 heavy (non-hydrogen) atoms. The number of nitrogens with two attached hydrogens (primary N) is 1. The number of nitrogens with zero attached hydrogens (tertiary/aromatic N) is 3. The maximum atomic E-state index is 5.65. The highest BCUT2D eigenvalue weighted by molar-refractivity contribution is 5.62. The van der Waals surface area contributed by atoms with Crippen LogP contribution in [0.1, 0.15) is 13.8 Å². The standard InChI is InChI=1S/C14H18N4O3/c1-4-20-10-7-6-9(8-11(10)21-5-2)12-16-13(15)18-14(17-12)19-3/h6-8H,4-5H2,1-3H3,(H2,15,16,17,18). The van der Waals surface area contributed by atoms with Crippen LogP contribution in [0.3, 0.4) is 0 Å². The first kappa shape index (κ1) is 14.8. The van der Waals surface area contributed by atoms with E-state index in [9.17, 15) is 0 Å². The van der Waals surface area contributed by atoms with E-state index in [0.29, 0.717) is 30.5 Å². The molecule has 2 N–H and O–H groups in total. The fourth-order valence-electron chi connectivity index (χ4n) is 1.78. The molecule has 7 heteroatoms. The third-order valence-electron chi connectivity index (χ3n) is 2.62. The molecule has 112 valence electrons. The second kappa shape index (κ2) is 6.74. The summed E-state index contributed by atoms with van der Waals surface area (Å²) in [6, 6.07) is 5.63. The van der Waals surface area contributed by atoms with Crippen LogP contribution in [0, 0.1) is 0 Å². The first-order valence-electron chi connectivity index (χ1n) is 6.63. The largest absolute Gasteiger partial charge is 0.490 e. The molecule has 0 atom stereocenters. The van der Waals surface area contributed by atoms with Crippen molar-refractivity contribution in [3.8, 4) is 28.9 Å². The Hall–Kier alpha value is -2.57. The number of ether oxygens (including phenoxy) is 3. The van der Waals surface area contributed by atoms with Crippen LogP contribution in [0.15, 0.2) is 18.2 Å². The molecule has 2 rings (SSSR count). The number of rotatable bonds is 6. The Bertz CT molecular complexity index is 619. The van der Waals surface area contributed by atoms with E-state index in [1.165, 1.54) is 7.11 Å². The van der Waals surface area contributed by atoms with Gasteiger partial charge in [-0.1, -0.05) is 0 Å². The van der Waals surface area contributed by atoms with Crippen molar-refractivity contribution in [2.24, 2.45) is 0 Å². The summed E-state index contributed by atoms with van der Waals surface area (Å²) >= 11 is 0. The van der Waals surface area contributed by atoms with Gasteiger partial charge in [-0.15, -0.1) is 0 Å². The molecule has 0 aliphatic rings. The van der Waals surface area contributed by atoms with E-state index >= 15 is 0 Å². The smallest absolute Gasteiger partial charge is 0.321 e. The minimum absolute atomic E-state index is 0.101. The maximum Gasteiger partial charge on any atom is 0.321 e. The summed E-state index contributed by atoms with van der Waals surface area (Å²) in [5.74, 6) is 1.83. The molecule has 0 saturated carbocycles. The second-order valence-corrected chi connectivity index (χ2v) is 4.03. The Labute approximate surface area is 123 Å². The van der Waals surface area contributed by atoms with Gasteiger partial charge < -0.3 is 19.9 Å². The number of benzene rings is 1. The van der Waals surface area contributed by atoms with Crippen LogP contribution in [0.2, 0.25) is 0 Å². The minimum atomic E-state index is 0.101. The molecule has 0 aliphatic carbocycles. The molecule has 7 nitrogen and oxygen atoms in total. The van der Waals surface area contributed by atoms with Gasteiger partial charge in [0.15, 0.2) is 17.3 Å². The zero-order valence-corrected chi connectivity index (χ0v) is 12.3. The summed E-state index contributed by atoms with van der Waals surface area (Å²) in [7, 11) is 1.47. The Morgan fingerprint density at radius 3 is 2.38 bits per heavy atom. The molecule has 0 radical (unpaired) electrons. The lowest BCUT2D eigenvalue weighted by atomic mass is 10.2. The van der Waals surface area contributed by atoms with E-state index in [1.807, 2.05) is 32.0 Å². The van der Waals surface area contributed by atoms with Crippen LogP contribution in [0.25, 0.3) is 11.4 Å². The zero-order chi connectivity index (χ0) is 15.2. The van der Waals surface area contributed by atoms with Crippen LogP contribution in [0.5, 0.6) is 17.5 Å². The number of nitrogen functional groups attached to an aromatic ring is 1. The summed E-state index contributed by atoms with van der Waals surface area (Å²) in [5, 5.41) is 0. The van der Waals surface area contributed by atoms with Crippen molar-refractivity contribution in [3.63, 3.8) is 0 Å². The van der Waals surface area contributed by atoms with Gasteiger partial charge >= 0.3 is 6.01 Å². The summed E-state index contributed by atoms with van der Waals surface area (Å²) in [6.07, 6.45) is 0. The lowest BCUT2D eigenvalue weighted by Crippen LogP contribution is -2.03. The predicted octanol–water partition coefficient (Wildman–Crippen LogP) is 1.93. The Morgan fingerprint density at radius 2 is 1.71 bits per heavy atom. The molecular weight excluding hydrogens is 272 g/mol. The van der Waals surface area contributed by atoms with Gasteiger partial charge in [0, 0.05) is 5.56 Å². The first-order valence-corrected chi connectivity index (χ1v) is 6.63. The Morgan fingerprint density at radius 1 is 1.00 bits per heavy atom. The van der Waals surface area contributed by atoms with Gasteiger partial charge in [-0.2, -0.15) is 15.0 Å². The van der Waals surface area contributed by atoms with E-state index < -0.39 is 0 Å². The predicted molar refractivity (Wildman–Crippen MR) is 78.6 cm³/mol. The van der Waals surface area contributed by atoms with Crippen LogP contribution in [0.4, 0.5) is 5.95 Å². The van der Waals surface area contributed by atoms with Crippen LogP contribution in [-0.4, -0.2) is 35.3 Å². The highest BCUT2D eigenvalue weighted by Crippen LogP contribution is 2.32. The van der Waals surface area contributed by atoms with E-state index in [2.05, 4.69) is 15.0 Å². The number of methoxy groups -OCH3 is 1. The molecule has 0 aliphatic heterocycles. The lowest BCUT2D eigenvalue weighted by Gasteiger charge is -2.12. The van der Waals surface area contributed by atoms with Crippen molar-refractivity contribution in [1.82, 2.24) is 15.0 Å². The molecule has 1 aromatic heterocycles. The highest BCUT2D eigenvalue weighted by atomic mass is 16.5. The maximum absolute atomic E-state index is 5.65. The quantitative estimate of drug-likeness (QED) is 0.868. The van der Waals surface area contributed by atoms with Crippen molar-refractivity contribution in [3.05, 3.63) is 18.2 Å². The second-order valence-electron chi connectivity index (χ2n) is 4.03. The van der Waals surface area contributed by atoms with Gasteiger partial charge in [0.25, 0.3) is 0 Å². The van der Waals surface area contributed by atoms with Crippen molar-refractivity contribution < 1.29 is 14.2 Å². The zero-order valence-electron chi connectivity index (χ0n) is 12.3. The number of hydrogen-bond donors (Lipinski definition) is 1. The fourth-order valence-corrected chi connectivity index (χ4v) is 1.78. The topological polar surface area (TPSA) is 92.4 Å². The molecule has 0 bridgehead atoms. The fraction of sp³-hybridized carbons (Fsp3) is 0.357. The van der Waals surface area contributed by atoms with Crippen LogP contribution in [-0.2, 0) is 0 Å². The van der Waals surface area contributed by atoms with Crippen molar-refractivity contribution in [1.29, 1.82) is 0 Å². The minimum Gasteiger partial charge on any atom is -0.490 e. The SMILES string of the molecule is CCOc1ccc(-c2nc(N)nc(OC)n2)cc1OCC. The Kier molecular flexibility index (Phi) is 4.76. The van der Waals surface area contributed by atoms with E-state index in [-0.39, 0.29) is 12.0 Å². The van der Waals surface area contributed by atoms with Gasteiger partial charge in [0.1, 0.15) is 0 Å². The van der Waals surface area contributed by atoms with Gasteiger partial charge in [-0.05, 0) is 32.0 Å². The van der Waals surface area contributed by atoms with Gasteiger partial charge in [0.05, 0.1) is 20.3 Å². The van der Waals surface area contributed by atoms with E-state index in [4.69, 9.17) is 19.9 Å². The van der Waals surface area contributed by atoms with E-state index in [0.717, 1.165) is 5.56 Å². The molecular formula is C14H18N4O3. The molecule has 0 unspecified atom stereocenters. The van der Waals surface area contributed by atoms with Crippen LogP contribution >= 0.6 is 0 Å². The molecule has 0 spiro atoms. The van der Waals surface area contributed by atoms with Gasteiger partial charge in [-0.25, -0.2) is 0 Å². The molecule has 0 amide bonds. The first-order chi connectivity index (χ1) is 10.2. The monoisotopic (exact) mass is 290 g/mol. The van der Waals surface area contributed by atoms with Gasteiger partial charge in [0.2, 0.25) is 5.95 Å². The highest BCUT2D eigenvalue weighted by Gasteiger charge is 2.11. The van der Waals surface area contributed by atoms with Crippen molar-refractivity contribution in [2.45, 2.75) is 13.8 Å². The third-order valence-corrected chi connectivity index (χ3v) is 2.62. The van der Waals surface area contributed by atoms with Crippen molar-refractivity contribution >= 4 is 5.95 Å². The average Bonchev–Trinajstić information content (AvgIpc) is 2.48. The molecule has 1 heterocycles. The van der Waals surface area contributed by atoms with Crippen LogP contribution < -0.4 is 19.9 Å². The molecule has 0 fully saturated rings. The number of hydrogen-bond acceptors (Lipinski definition) is 7. The normalized spacial score (nSPS) is 10.2. The van der Waals surface area contributed by atoms with Crippen molar-refractivity contribution in [2.75, 3.05) is 26.1 Å². The van der Waals surface area contributed by atoms with E-state index in [1.54, 1.807) is 0 Å². The average molecular weight is 290 g/mol. The third kappa shape index (κ3) is 3.50. The molecule has 1 aromatic carbocycles. The summed E-state index contributed by atoms with van der Waals surface area (Å²) in [6.45, 7) is 4.92. The lowest BCUT2D eigenvalue weighted by molar-refractivity contribution is 0.288.